The van der Waals surface area contributed by atoms with E-state index in [1.807, 2.05) is 0 Å². The van der Waals surface area contributed by atoms with Crippen molar-refractivity contribution < 1.29 is 19.9 Å². The second-order valence-corrected chi connectivity index (χ2v) is 7.39. The average Bonchev–Trinajstić information content (AvgIpc) is 2.97. The van der Waals surface area contributed by atoms with Crippen LogP contribution >= 0.6 is 0 Å². The number of likely N-dealkylation sites (tertiary alicyclic amines) is 1. The van der Waals surface area contributed by atoms with Crippen molar-refractivity contribution in [1.82, 2.24) is 10.2 Å². The molecule has 0 amide bonds. The minimum Gasteiger partial charge on any atom is -0.481 e. The Morgan fingerprint density at radius 3 is 2.72 bits per heavy atom. The monoisotopic (exact) mass is 346 g/mol. The third-order valence-corrected chi connectivity index (χ3v) is 5.52. The van der Waals surface area contributed by atoms with Crippen molar-refractivity contribution in [2.45, 2.75) is 38.2 Å². The van der Waals surface area contributed by atoms with Crippen LogP contribution in [0.5, 0.6) is 0 Å². The van der Waals surface area contributed by atoms with Gasteiger partial charge in [0.1, 0.15) is 0 Å². The third-order valence-electron chi connectivity index (χ3n) is 5.52. The highest BCUT2D eigenvalue weighted by molar-refractivity contribution is 6.40. The van der Waals surface area contributed by atoms with E-state index < -0.39 is 13.1 Å². The zero-order chi connectivity index (χ0) is 17.8. The van der Waals surface area contributed by atoms with Gasteiger partial charge in [-0.05, 0) is 36.2 Å². The molecule has 136 valence electrons. The Morgan fingerprint density at radius 1 is 1.24 bits per heavy atom. The molecule has 4 N–H and O–H groups in total. The van der Waals surface area contributed by atoms with Crippen LogP contribution in [0.1, 0.15) is 24.0 Å². The fourth-order valence-corrected chi connectivity index (χ4v) is 4.21. The number of aliphatic carboxylic acids is 1. The Hall–Kier alpha value is -1.41. The van der Waals surface area contributed by atoms with Gasteiger partial charge < -0.3 is 25.4 Å². The van der Waals surface area contributed by atoms with Gasteiger partial charge in [-0.1, -0.05) is 30.7 Å². The summed E-state index contributed by atoms with van der Waals surface area (Å²) in [4.78, 5) is 13.8. The van der Waals surface area contributed by atoms with Gasteiger partial charge in [-0.3, -0.25) is 4.79 Å². The summed E-state index contributed by atoms with van der Waals surface area (Å²) in [6.07, 6.45) is 2.66. The lowest BCUT2D eigenvalue weighted by atomic mass is 9.80. The smallest absolute Gasteiger partial charge is 0.451 e. The molecule has 6 nitrogen and oxygen atoms in total. The number of benzene rings is 1. The van der Waals surface area contributed by atoms with Gasteiger partial charge in [0, 0.05) is 32.2 Å². The van der Waals surface area contributed by atoms with E-state index >= 15 is 0 Å². The van der Waals surface area contributed by atoms with E-state index in [4.69, 9.17) is 10.0 Å². The molecule has 25 heavy (non-hydrogen) atoms. The van der Waals surface area contributed by atoms with Gasteiger partial charge in [0.25, 0.3) is 0 Å². The van der Waals surface area contributed by atoms with E-state index in [-0.39, 0.29) is 11.8 Å². The van der Waals surface area contributed by atoms with Gasteiger partial charge >= 0.3 is 13.1 Å². The number of rotatable bonds is 7. The van der Waals surface area contributed by atoms with Crippen molar-refractivity contribution >= 4 is 13.1 Å². The second kappa shape index (κ2) is 8.32. The molecule has 3 atom stereocenters. The lowest BCUT2D eigenvalue weighted by Crippen LogP contribution is -2.44. The first-order valence-corrected chi connectivity index (χ1v) is 9.14. The summed E-state index contributed by atoms with van der Waals surface area (Å²) < 4.78 is 0. The quantitative estimate of drug-likeness (QED) is 0.540. The van der Waals surface area contributed by atoms with Crippen LogP contribution in [-0.2, 0) is 17.8 Å². The second-order valence-electron chi connectivity index (χ2n) is 7.39. The van der Waals surface area contributed by atoms with Gasteiger partial charge in [-0.25, -0.2) is 0 Å². The first-order chi connectivity index (χ1) is 12.0. The molecule has 7 heteroatoms. The Labute approximate surface area is 149 Å². The molecule has 0 saturated carbocycles. The van der Waals surface area contributed by atoms with Crippen LogP contribution in [0, 0.1) is 11.8 Å². The lowest BCUT2D eigenvalue weighted by Gasteiger charge is -2.29. The van der Waals surface area contributed by atoms with Crippen molar-refractivity contribution in [1.29, 1.82) is 0 Å². The molecule has 1 saturated heterocycles. The van der Waals surface area contributed by atoms with Crippen molar-refractivity contribution in [2.75, 3.05) is 19.6 Å². The molecule has 0 spiro atoms. The summed E-state index contributed by atoms with van der Waals surface area (Å²) in [6.45, 7) is 3.09. The number of fused-ring (bicyclic) bond motifs is 1. The number of carboxylic acid groups (broad SMARTS) is 1. The number of carboxylic acids is 1. The van der Waals surface area contributed by atoms with Crippen LogP contribution in [0.2, 0.25) is 6.32 Å². The summed E-state index contributed by atoms with van der Waals surface area (Å²) in [5.41, 5.74) is 2.73. The largest absolute Gasteiger partial charge is 0.481 e. The lowest BCUT2D eigenvalue weighted by molar-refractivity contribution is -0.142. The van der Waals surface area contributed by atoms with Crippen LogP contribution in [0.3, 0.4) is 0 Å². The van der Waals surface area contributed by atoms with Crippen LogP contribution in [0.4, 0.5) is 0 Å². The Morgan fingerprint density at radius 2 is 2.00 bits per heavy atom. The van der Waals surface area contributed by atoms with Gasteiger partial charge in [-0.2, -0.15) is 0 Å². The molecule has 0 bridgehead atoms. The summed E-state index contributed by atoms with van der Waals surface area (Å²) in [5, 5.41) is 31.0. The van der Waals surface area contributed by atoms with E-state index in [2.05, 4.69) is 34.5 Å². The first kappa shape index (κ1) is 18.4. The van der Waals surface area contributed by atoms with E-state index in [9.17, 15) is 9.90 Å². The standard InChI is InChI=1S/C18H27BN2O4/c22-18(23)17-12-21(10-15(17)6-3-7-19(24)25)11-16-8-13-4-1-2-5-14(13)9-20-16/h1-2,4-5,15-17,20,24-25H,3,6-12H2,(H,22,23)/t15-,16-,17+/m0/s1. The normalized spacial score (nSPS) is 26.4. The predicted octanol–water partition coefficient (Wildman–Crippen LogP) is 0.586. The molecule has 2 aliphatic rings. The zero-order valence-electron chi connectivity index (χ0n) is 14.5. The molecule has 0 aromatic heterocycles. The average molecular weight is 346 g/mol. The molecule has 1 aromatic rings. The number of nitrogens with one attached hydrogen (secondary N) is 1. The summed E-state index contributed by atoms with van der Waals surface area (Å²) in [5.74, 6) is -1.00. The molecule has 2 aliphatic heterocycles. The molecular formula is C18H27BN2O4. The van der Waals surface area contributed by atoms with Crippen molar-refractivity contribution in [3.05, 3.63) is 35.4 Å². The zero-order valence-corrected chi connectivity index (χ0v) is 14.5. The molecule has 3 rings (SSSR count). The molecule has 0 unspecified atom stereocenters. The Bertz CT molecular complexity index is 598. The molecule has 0 radical (unpaired) electrons. The summed E-state index contributed by atoms with van der Waals surface area (Å²) >= 11 is 0. The van der Waals surface area contributed by atoms with Gasteiger partial charge in [0.2, 0.25) is 0 Å². The SMILES string of the molecule is O=C(O)[C@@H]1CN(C[C@@H]2Cc3ccccc3CN2)C[C@@H]1CCCB(O)O. The van der Waals surface area contributed by atoms with E-state index in [0.29, 0.717) is 25.3 Å². The number of hydrogen-bond donors (Lipinski definition) is 4. The van der Waals surface area contributed by atoms with Crippen molar-refractivity contribution in [2.24, 2.45) is 11.8 Å². The predicted molar refractivity (Wildman–Crippen MR) is 96.1 cm³/mol. The van der Waals surface area contributed by atoms with Crippen molar-refractivity contribution in [3.63, 3.8) is 0 Å². The maximum absolute atomic E-state index is 11.6. The highest BCUT2D eigenvalue weighted by Gasteiger charge is 2.38. The van der Waals surface area contributed by atoms with Crippen LogP contribution in [0.15, 0.2) is 24.3 Å². The maximum Gasteiger partial charge on any atom is 0.451 e. The van der Waals surface area contributed by atoms with E-state index in [1.54, 1.807) is 0 Å². The number of nitrogens with zero attached hydrogens (tertiary/aromatic N) is 1. The topological polar surface area (TPSA) is 93.0 Å². The molecular weight excluding hydrogens is 319 g/mol. The highest BCUT2D eigenvalue weighted by atomic mass is 16.4. The minimum absolute atomic E-state index is 0.0899. The van der Waals surface area contributed by atoms with E-state index in [1.165, 1.54) is 11.1 Å². The Kier molecular flexibility index (Phi) is 6.12. The molecule has 2 heterocycles. The summed E-state index contributed by atoms with van der Waals surface area (Å²) in [7, 11) is -1.30. The van der Waals surface area contributed by atoms with Crippen LogP contribution in [-0.4, -0.2) is 58.8 Å². The minimum atomic E-state index is -1.30. The number of carbonyl (C=O) groups is 1. The van der Waals surface area contributed by atoms with Crippen LogP contribution in [0.25, 0.3) is 0 Å². The fourth-order valence-electron chi connectivity index (χ4n) is 4.21. The third kappa shape index (κ3) is 4.82. The molecule has 0 aliphatic carbocycles. The molecule has 1 aromatic carbocycles. The maximum atomic E-state index is 11.6. The molecule has 1 fully saturated rings. The van der Waals surface area contributed by atoms with E-state index in [0.717, 1.165) is 32.5 Å². The van der Waals surface area contributed by atoms with Gasteiger partial charge in [-0.15, -0.1) is 0 Å². The van der Waals surface area contributed by atoms with Gasteiger partial charge in [0.05, 0.1) is 5.92 Å². The first-order valence-electron chi connectivity index (χ1n) is 9.14. The number of hydrogen-bond acceptors (Lipinski definition) is 5. The summed E-state index contributed by atoms with van der Waals surface area (Å²) in [6, 6.07) is 8.81. The highest BCUT2D eigenvalue weighted by Crippen LogP contribution is 2.29. The fraction of sp³-hybridized carbons (Fsp3) is 0.611. The van der Waals surface area contributed by atoms with Crippen molar-refractivity contribution in [3.8, 4) is 0 Å². The van der Waals surface area contributed by atoms with Gasteiger partial charge in [0.15, 0.2) is 0 Å². The van der Waals surface area contributed by atoms with Crippen LogP contribution < -0.4 is 5.32 Å². The Balaban J connectivity index is 1.54.